The number of thiophene rings is 1. The number of nitrogens with zero attached hydrogens (tertiary/aromatic N) is 2. The van der Waals surface area contributed by atoms with Gasteiger partial charge < -0.3 is 14.9 Å². The molecule has 0 amide bonds. The van der Waals surface area contributed by atoms with Crippen LogP contribution in [0.1, 0.15) is 30.0 Å². The van der Waals surface area contributed by atoms with E-state index in [0.29, 0.717) is 35.2 Å². The first kappa shape index (κ1) is 22.1. The lowest BCUT2D eigenvalue weighted by atomic mass is 9.87. The molecule has 1 aromatic carbocycles. The summed E-state index contributed by atoms with van der Waals surface area (Å²) in [5.41, 5.74) is 2.70. The topological polar surface area (TPSA) is 71.2 Å². The molecule has 0 radical (unpaired) electrons. The van der Waals surface area contributed by atoms with Gasteiger partial charge in [0, 0.05) is 23.7 Å². The first-order chi connectivity index (χ1) is 16.0. The molecule has 0 bridgehead atoms. The average Bonchev–Trinajstić information content (AvgIpc) is 3.55. The highest BCUT2D eigenvalue weighted by molar-refractivity contribution is 7.16. The van der Waals surface area contributed by atoms with Crippen LogP contribution in [-0.4, -0.2) is 34.4 Å². The monoisotopic (exact) mass is 473 g/mol. The molecular weight excluding hydrogens is 451 g/mol. The zero-order valence-corrected chi connectivity index (χ0v) is 18.4. The van der Waals surface area contributed by atoms with E-state index in [2.05, 4.69) is 21.5 Å². The van der Waals surface area contributed by atoms with Crippen LogP contribution >= 0.6 is 11.3 Å². The molecule has 0 saturated heterocycles. The van der Waals surface area contributed by atoms with E-state index in [1.54, 1.807) is 30.3 Å². The predicted octanol–water partition coefficient (Wildman–Crippen LogP) is 5.56. The van der Waals surface area contributed by atoms with Gasteiger partial charge in [0.15, 0.2) is 0 Å². The molecule has 2 aliphatic carbocycles. The fraction of sp³-hybridized carbons (Fsp3) is 0.333. The standard InChI is InChI=1S/C24H22F3N3O2S/c25-24(26,27)21-18(14-5-2-1-3-6-14)13-20(33-21)23-29-22(30-32-23)17-8-4-7-16-15(17)9-10-19(16)28-11-12-31/h1-6,8,13,16,19,28,31H,7,9-12H2/t16?,19-/m1/s1. The van der Waals surface area contributed by atoms with Crippen LogP contribution in [0.4, 0.5) is 13.2 Å². The first-order valence-electron chi connectivity index (χ1n) is 10.8. The molecule has 2 N–H and O–H groups in total. The SMILES string of the molecule is OCCN[C@@H]1CCC2=C(c3noc(-c4cc(-c5ccccc5)c(C(F)(F)F)s4)n3)C=CCC21. The van der Waals surface area contributed by atoms with Crippen LogP contribution in [0, 0.1) is 5.92 Å². The zero-order chi connectivity index (χ0) is 23.0. The normalized spacial score (nSPS) is 20.5. The molecule has 0 aliphatic heterocycles. The van der Waals surface area contributed by atoms with Gasteiger partial charge in [0.05, 0.1) is 11.5 Å². The quantitative estimate of drug-likeness (QED) is 0.491. The van der Waals surface area contributed by atoms with E-state index in [9.17, 15) is 13.2 Å². The number of aliphatic hydroxyl groups excluding tert-OH is 1. The minimum absolute atomic E-state index is 0.0826. The van der Waals surface area contributed by atoms with Crippen LogP contribution in [0.5, 0.6) is 0 Å². The third-order valence-corrected chi connectivity index (χ3v) is 7.32. The van der Waals surface area contributed by atoms with Crippen molar-refractivity contribution in [3.63, 3.8) is 0 Å². The molecule has 172 valence electrons. The van der Waals surface area contributed by atoms with E-state index >= 15 is 0 Å². The summed E-state index contributed by atoms with van der Waals surface area (Å²) in [6.07, 6.45) is 2.29. The summed E-state index contributed by atoms with van der Waals surface area (Å²) < 4.78 is 46.6. The van der Waals surface area contributed by atoms with Gasteiger partial charge >= 0.3 is 6.18 Å². The summed E-state index contributed by atoms with van der Waals surface area (Å²) in [6.45, 7) is 0.633. The molecule has 5 rings (SSSR count). The molecule has 9 heteroatoms. The van der Waals surface area contributed by atoms with Crippen LogP contribution in [0.2, 0.25) is 0 Å². The van der Waals surface area contributed by atoms with Crippen molar-refractivity contribution in [3.8, 4) is 21.9 Å². The molecule has 1 unspecified atom stereocenters. The highest BCUT2D eigenvalue weighted by atomic mass is 32.1. The van der Waals surface area contributed by atoms with Crippen molar-refractivity contribution in [3.05, 3.63) is 64.8 Å². The van der Waals surface area contributed by atoms with E-state index in [4.69, 9.17) is 9.63 Å². The van der Waals surface area contributed by atoms with Crippen molar-refractivity contribution >= 4 is 16.9 Å². The number of alkyl halides is 3. The minimum atomic E-state index is -4.48. The highest BCUT2D eigenvalue weighted by Crippen LogP contribution is 2.46. The number of fused-ring (bicyclic) bond motifs is 1. The third-order valence-electron chi connectivity index (χ3n) is 6.15. The average molecular weight is 474 g/mol. The van der Waals surface area contributed by atoms with Crippen LogP contribution in [0.3, 0.4) is 0 Å². The van der Waals surface area contributed by atoms with Crippen molar-refractivity contribution in [1.29, 1.82) is 0 Å². The van der Waals surface area contributed by atoms with E-state index < -0.39 is 11.1 Å². The molecule has 2 heterocycles. The van der Waals surface area contributed by atoms with E-state index in [-0.39, 0.29) is 29.0 Å². The maximum Gasteiger partial charge on any atom is 0.426 e. The second kappa shape index (κ2) is 8.89. The summed E-state index contributed by atoms with van der Waals surface area (Å²) in [6, 6.07) is 10.2. The van der Waals surface area contributed by atoms with Crippen LogP contribution in [-0.2, 0) is 6.18 Å². The summed E-state index contributed by atoms with van der Waals surface area (Å²) in [4.78, 5) is 4.08. The van der Waals surface area contributed by atoms with E-state index in [1.807, 2.05) is 6.08 Å². The number of halogens is 3. The molecule has 1 fully saturated rings. The fourth-order valence-electron chi connectivity index (χ4n) is 4.71. The Morgan fingerprint density at radius 1 is 1.21 bits per heavy atom. The number of aliphatic hydroxyl groups is 1. The lowest BCUT2D eigenvalue weighted by Crippen LogP contribution is -2.35. The van der Waals surface area contributed by atoms with Crippen LogP contribution in [0.15, 0.2) is 58.6 Å². The molecular formula is C24H22F3N3O2S. The van der Waals surface area contributed by atoms with Crippen molar-refractivity contribution in [2.45, 2.75) is 31.5 Å². The van der Waals surface area contributed by atoms with Gasteiger partial charge in [0.25, 0.3) is 5.89 Å². The Balaban J connectivity index is 1.48. The van der Waals surface area contributed by atoms with Gasteiger partial charge in [-0.15, -0.1) is 11.3 Å². The van der Waals surface area contributed by atoms with Crippen LogP contribution in [0.25, 0.3) is 27.5 Å². The molecule has 0 spiro atoms. The first-order valence-corrected chi connectivity index (χ1v) is 11.6. The number of rotatable bonds is 6. The predicted molar refractivity (Wildman–Crippen MR) is 120 cm³/mol. The Morgan fingerprint density at radius 3 is 2.79 bits per heavy atom. The van der Waals surface area contributed by atoms with Gasteiger partial charge in [0.1, 0.15) is 4.88 Å². The van der Waals surface area contributed by atoms with Gasteiger partial charge in [-0.3, -0.25) is 0 Å². The van der Waals surface area contributed by atoms with Crippen LogP contribution < -0.4 is 5.32 Å². The Bertz CT molecular complexity index is 1200. The number of nitrogens with one attached hydrogen (secondary N) is 1. The molecule has 5 nitrogen and oxygen atoms in total. The molecule has 2 aromatic heterocycles. The lowest BCUT2D eigenvalue weighted by Gasteiger charge is -2.23. The highest BCUT2D eigenvalue weighted by Gasteiger charge is 2.38. The maximum absolute atomic E-state index is 13.7. The molecule has 3 aromatic rings. The smallest absolute Gasteiger partial charge is 0.395 e. The van der Waals surface area contributed by atoms with Gasteiger partial charge in [-0.2, -0.15) is 18.2 Å². The molecule has 33 heavy (non-hydrogen) atoms. The zero-order valence-electron chi connectivity index (χ0n) is 17.6. The largest absolute Gasteiger partial charge is 0.426 e. The van der Waals surface area contributed by atoms with E-state index in [1.165, 1.54) is 11.6 Å². The Kier molecular flexibility index (Phi) is 5.94. The van der Waals surface area contributed by atoms with Gasteiger partial charge in [0.2, 0.25) is 5.82 Å². The van der Waals surface area contributed by atoms with E-state index in [0.717, 1.165) is 24.8 Å². The molecule has 2 aliphatic rings. The summed E-state index contributed by atoms with van der Waals surface area (Å²) in [7, 11) is 0. The van der Waals surface area contributed by atoms with Gasteiger partial charge in [-0.25, -0.2) is 0 Å². The molecule has 1 saturated carbocycles. The van der Waals surface area contributed by atoms with Gasteiger partial charge in [-0.05, 0) is 36.8 Å². The minimum Gasteiger partial charge on any atom is -0.395 e. The maximum atomic E-state index is 13.7. The van der Waals surface area contributed by atoms with Crippen molar-refractivity contribution < 1.29 is 22.8 Å². The number of hydrogen-bond acceptors (Lipinski definition) is 6. The summed E-state index contributed by atoms with van der Waals surface area (Å²) in [5, 5.41) is 16.6. The number of benzene rings is 1. The Hall–Kier alpha value is -2.75. The second-order valence-corrected chi connectivity index (χ2v) is 9.20. The summed E-state index contributed by atoms with van der Waals surface area (Å²) in [5.74, 6) is 0.771. The number of allylic oxidation sites excluding steroid dienone is 3. The second-order valence-electron chi connectivity index (χ2n) is 8.15. The van der Waals surface area contributed by atoms with Crippen molar-refractivity contribution in [2.24, 2.45) is 5.92 Å². The Labute approximate surface area is 192 Å². The summed E-state index contributed by atoms with van der Waals surface area (Å²) >= 11 is 0.614. The fourth-order valence-corrected chi connectivity index (χ4v) is 5.67. The lowest BCUT2D eigenvalue weighted by molar-refractivity contribution is -0.133. The van der Waals surface area contributed by atoms with Crippen molar-refractivity contribution in [1.82, 2.24) is 15.5 Å². The molecule has 2 atom stereocenters. The third kappa shape index (κ3) is 4.28. The van der Waals surface area contributed by atoms with Crippen molar-refractivity contribution in [2.75, 3.05) is 13.2 Å². The Morgan fingerprint density at radius 2 is 2.03 bits per heavy atom. The number of hydrogen-bond donors (Lipinski definition) is 2. The van der Waals surface area contributed by atoms with Gasteiger partial charge in [-0.1, -0.05) is 53.2 Å². The number of aromatic nitrogens is 2.